The van der Waals surface area contributed by atoms with E-state index in [-0.39, 0.29) is 60.1 Å². The third kappa shape index (κ3) is 6.72. The summed E-state index contributed by atoms with van der Waals surface area (Å²) >= 11 is 1.16. The number of ether oxygens (including phenoxy) is 2. The van der Waals surface area contributed by atoms with Crippen LogP contribution in [-0.2, 0) is 32.5 Å². The van der Waals surface area contributed by atoms with Crippen LogP contribution >= 0.6 is 11.3 Å². The summed E-state index contributed by atoms with van der Waals surface area (Å²) in [6.45, 7) is 2.39. The second kappa shape index (κ2) is 13.2. The van der Waals surface area contributed by atoms with Gasteiger partial charge in [0.25, 0.3) is 5.91 Å². The molecule has 0 unspecified atom stereocenters. The summed E-state index contributed by atoms with van der Waals surface area (Å²) in [6, 6.07) is 9.00. The number of hydrogen-bond acceptors (Lipinski definition) is 10. The van der Waals surface area contributed by atoms with Crippen molar-refractivity contribution in [2.45, 2.75) is 37.6 Å². The van der Waals surface area contributed by atoms with Gasteiger partial charge in [-0.3, -0.25) is 4.79 Å². The van der Waals surface area contributed by atoms with E-state index in [2.05, 4.69) is 5.32 Å². The van der Waals surface area contributed by atoms with Gasteiger partial charge in [-0.1, -0.05) is 0 Å². The molecule has 1 aliphatic rings. The number of fused-ring (bicyclic) bond motifs is 1. The molecule has 0 radical (unpaired) electrons. The first kappa shape index (κ1) is 29.6. The van der Waals surface area contributed by atoms with Crippen molar-refractivity contribution in [3.05, 3.63) is 45.8 Å². The minimum Gasteiger partial charge on any atom is -0.465 e. The van der Waals surface area contributed by atoms with Crippen LogP contribution in [0, 0.1) is 22.7 Å². The van der Waals surface area contributed by atoms with Crippen molar-refractivity contribution in [1.82, 2.24) is 9.21 Å². The lowest BCUT2D eigenvalue weighted by Gasteiger charge is -2.26. The molecule has 0 bridgehead atoms. The second-order valence-electron chi connectivity index (χ2n) is 8.27. The van der Waals surface area contributed by atoms with Gasteiger partial charge in [0.15, 0.2) is 0 Å². The maximum atomic E-state index is 13.1. The Hall–Kier alpha value is -3.98. The molecule has 2 aromatic rings. The summed E-state index contributed by atoms with van der Waals surface area (Å²) in [5.74, 6) is -1.19. The van der Waals surface area contributed by atoms with E-state index < -0.39 is 28.0 Å². The number of carbonyl (C=O) groups excluding carboxylic acids is 3. The van der Waals surface area contributed by atoms with Crippen molar-refractivity contribution in [2.75, 3.05) is 38.7 Å². The number of thiophene rings is 1. The Morgan fingerprint density at radius 1 is 1.13 bits per heavy atom. The zero-order chi connectivity index (χ0) is 28.6. The van der Waals surface area contributed by atoms with Crippen LogP contribution in [0.2, 0.25) is 0 Å². The van der Waals surface area contributed by atoms with Crippen LogP contribution in [-0.4, -0.2) is 68.9 Å². The Bertz CT molecular complexity index is 1400. The number of methoxy groups -OCH3 is 1. The molecule has 2 heterocycles. The van der Waals surface area contributed by atoms with Gasteiger partial charge in [0.2, 0.25) is 10.0 Å². The van der Waals surface area contributed by atoms with E-state index in [9.17, 15) is 22.8 Å². The highest BCUT2D eigenvalue weighted by molar-refractivity contribution is 7.89. The predicted molar refractivity (Wildman–Crippen MR) is 140 cm³/mol. The van der Waals surface area contributed by atoms with Gasteiger partial charge in [0.05, 0.1) is 42.9 Å². The molecule has 0 aliphatic carbocycles. The largest absolute Gasteiger partial charge is 0.465 e. The normalized spacial score (nSPS) is 12.7. The van der Waals surface area contributed by atoms with E-state index in [0.29, 0.717) is 18.5 Å². The lowest BCUT2D eigenvalue weighted by atomic mass is 10.0. The fourth-order valence-corrected chi connectivity index (χ4v) is 6.67. The molecule has 206 valence electrons. The first-order valence-corrected chi connectivity index (χ1v) is 14.2. The van der Waals surface area contributed by atoms with Crippen LogP contribution in [0.15, 0.2) is 29.2 Å². The molecular formula is C25H27N5O7S2. The molecule has 1 aliphatic heterocycles. The number of anilines is 1. The Morgan fingerprint density at radius 3 is 2.33 bits per heavy atom. The van der Waals surface area contributed by atoms with Crippen molar-refractivity contribution in [3.63, 3.8) is 0 Å². The van der Waals surface area contributed by atoms with Crippen LogP contribution < -0.4 is 5.32 Å². The Balaban J connectivity index is 1.83. The molecule has 39 heavy (non-hydrogen) atoms. The van der Waals surface area contributed by atoms with Crippen LogP contribution in [0.1, 0.15) is 50.9 Å². The van der Waals surface area contributed by atoms with Gasteiger partial charge in [-0.25, -0.2) is 18.0 Å². The fraction of sp³-hybridized carbons (Fsp3) is 0.400. The Labute approximate surface area is 230 Å². The molecule has 0 spiro atoms. The SMILES string of the molecule is CCOC(=O)N1CCc2c(sc(NC(=O)c3ccc(S(=O)(=O)N(CCC#N)CCC#N)cc3)c2C(=O)OC)C1. The summed E-state index contributed by atoms with van der Waals surface area (Å²) in [7, 11) is -2.75. The molecule has 0 atom stereocenters. The standard InChI is InChI=1S/C25H27N5O7S2/c1-3-37-25(33)29-15-10-19-20(16-29)38-23(21(19)24(32)36-2)28-22(31)17-6-8-18(9-7-17)39(34,35)30(13-4-11-26)14-5-12-27/h6-9H,3-5,10,13-16H2,1-2H3,(H,28,31). The zero-order valence-corrected chi connectivity index (χ0v) is 23.1. The average Bonchev–Trinajstić information content (AvgIpc) is 3.29. The third-order valence-corrected chi connectivity index (χ3v) is 8.94. The summed E-state index contributed by atoms with van der Waals surface area (Å²) in [5, 5.41) is 20.7. The number of carbonyl (C=O) groups is 3. The van der Waals surface area contributed by atoms with Gasteiger partial charge in [0.1, 0.15) is 5.00 Å². The number of benzene rings is 1. The van der Waals surface area contributed by atoms with E-state index in [4.69, 9.17) is 20.0 Å². The topological polar surface area (TPSA) is 170 Å². The average molecular weight is 574 g/mol. The highest BCUT2D eigenvalue weighted by Gasteiger charge is 2.31. The second-order valence-corrected chi connectivity index (χ2v) is 11.3. The van der Waals surface area contributed by atoms with Gasteiger partial charge < -0.3 is 19.7 Å². The van der Waals surface area contributed by atoms with E-state index in [1.807, 2.05) is 12.1 Å². The summed E-state index contributed by atoms with van der Waals surface area (Å²) < 4.78 is 37.1. The number of nitrogens with zero attached hydrogens (tertiary/aromatic N) is 4. The first-order chi connectivity index (χ1) is 18.7. The highest BCUT2D eigenvalue weighted by Crippen LogP contribution is 2.38. The number of hydrogen-bond donors (Lipinski definition) is 1. The van der Waals surface area contributed by atoms with Crippen LogP contribution in [0.3, 0.4) is 0 Å². The van der Waals surface area contributed by atoms with Gasteiger partial charge in [-0.15, -0.1) is 11.3 Å². The Kier molecular flexibility index (Phi) is 10.0. The molecule has 0 fully saturated rings. The quantitative estimate of drug-likeness (QED) is 0.419. The third-order valence-electron chi connectivity index (χ3n) is 5.90. The van der Waals surface area contributed by atoms with E-state index in [1.165, 1.54) is 36.3 Å². The van der Waals surface area contributed by atoms with Crippen molar-refractivity contribution >= 4 is 44.3 Å². The van der Waals surface area contributed by atoms with Crippen LogP contribution in [0.25, 0.3) is 0 Å². The van der Waals surface area contributed by atoms with Gasteiger partial charge in [-0.05, 0) is 43.2 Å². The molecule has 1 N–H and O–H groups in total. The number of nitriles is 2. The molecule has 0 saturated carbocycles. The lowest BCUT2D eigenvalue weighted by molar-refractivity contribution is 0.0600. The maximum Gasteiger partial charge on any atom is 0.410 e. The smallest absolute Gasteiger partial charge is 0.410 e. The van der Waals surface area contributed by atoms with Crippen molar-refractivity contribution in [2.24, 2.45) is 0 Å². The van der Waals surface area contributed by atoms with Crippen molar-refractivity contribution < 1.29 is 32.3 Å². The monoisotopic (exact) mass is 573 g/mol. The van der Waals surface area contributed by atoms with E-state index >= 15 is 0 Å². The summed E-state index contributed by atoms with van der Waals surface area (Å²) in [6.07, 6.45) is -0.145. The van der Waals surface area contributed by atoms with Gasteiger partial charge >= 0.3 is 12.1 Å². The molecule has 0 saturated heterocycles. The number of amides is 2. The number of esters is 1. The van der Waals surface area contributed by atoms with Gasteiger partial charge in [-0.2, -0.15) is 14.8 Å². The minimum absolute atomic E-state index is 0.0317. The van der Waals surface area contributed by atoms with Crippen molar-refractivity contribution in [3.8, 4) is 12.1 Å². The molecular weight excluding hydrogens is 546 g/mol. The molecule has 1 aromatic heterocycles. The first-order valence-electron chi connectivity index (χ1n) is 12.0. The lowest BCUT2D eigenvalue weighted by Crippen LogP contribution is -2.36. The van der Waals surface area contributed by atoms with Crippen molar-refractivity contribution in [1.29, 1.82) is 10.5 Å². The summed E-state index contributed by atoms with van der Waals surface area (Å²) in [4.78, 5) is 40.0. The zero-order valence-electron chi connectivity index (χ0n) is 21.4. The van der Waals surface area contributed by atoms with E-state index in [1.54, 1.807) is 6.92 Å². The molecule has 14 heteroatoms. The van der Waals surface area contributed by atoms with Gasteiger partial charge in [0, 0.05) is 42.9 Å². The molecule has 1 aromatic carbocycles. The Morgan fingerprint density at radius 2 is 1.77 bits per heavy atom. The molecule has 3 rings (SSSR count). The van der Waals surface area contributed by atoms with Crippen LogP contribution in [0.5, 0.6) is 0 Å². The summed E-state index contributed by atoms with van der Waals surface area (Å²) in [5.41, 5.74) is 1.06. The molecule has 12 nitrogen and oxygen atoms in total. The fourth-order valence-electron chi connectivity index (χ4n) is 3.98. The highest BCUT2D eigenvalue weighted by atomic mass is 32.2. The predicted octanol–water partition coefficient (Wildman–Crippen LogP) is 3.12. The van der Waals surface area contributed by atoms with Crippen LogP contribution in [0.4, 0.5) is 9.80 Å². The van der Waals surface area contributed by atoms with E-state index in [0.717, 1.165) is 20.5 Å². The molecule has 2 amide bonds. The minimum atomic E-state index is -3.99. The number of rotatable bonds is 10. The number of sulfonamides is 1. The number of nitrogens with one attached hydrogen (secondary N) is 1. The maximum absolute atomic E-state index is 13.1.